The number of nitriles is 1. The van der Waals surface area contributed by atoms with E-state index in [1.807, 2.05) is 13.0 Å². The maximum absolute atomic E-state index is 11.8. The fourth-order valence-corrected chi connectivity index (χ4v) is 2.98. The van der Waals surface area contributed by atoms with Crippen LogP contribution < -0.4 is 5.32 Å². The van der Waals surface area contributed by atoms with Crippen LogP contribution in [0.3, 0.4) is 0 Å². The lowest BCUT2D eigenvalue weighted by Crippen LogP contribution is -2.63. The number of carbonyl (C=O) groups is 1. The summed E-state index contributed by atoms with van der Waals surface area (Å²) in [5.41, 5.74) is 0.0701. The molecular formula is C15H27N3O2. The third kappa shape index (κ3) is 3.94. The number of nitrogens with zero attached hydrogens (tertiary/aromatic N) is 2. The summed E-state index contributed by atoms with van der Waals surface area (Å²) in [6.45, 7) is 10.6. The number of hydrogen-bond donors (Lipinski definition) is 1. The lowest BCUT2D eigenvalue weighted by Gasteiger charge is -2.55. The third-order valence-electron chi connectivity index (χ3n) is 4.16. The first-order valence-corrected chi connectivity index (χ1v) is 7.46. The number of amides is 1. The first-order chi connectivity index (χ1) is 9.47. The molecule has 5 heteroatoms. The van der Waals surface area contributed by atoms with Crippen molar-refractivity contribution in [2.45, 2.75) is 52.7 Å². The van der Waals surface area contributed by atoms with Gasteiger partial charge < -0.3 is 10.1 Å². The van der Waals surface area contributed by atoms with Gasteiger partial charge in [-0.1, -0.05) is 20.8 Å². The van der Waals surface area contributed by atoms with Crippen molar-refractivity contribution in [1.82, 2.24) is 10.2 Å². The highest BCUT2D eigenvalue weighted by Gasteiger charge is 2.51. The predicted octanol–water partition coefficient (Wildman–Crippen LogP) is 1.54. The van der Waals surface area contributed by atoms with E-state index in [1.165, 1.54) is 0 Å². The van der Waals surface area contributed by atoms with E-state index in [4.69, 9.17) is 10.00 Å². The fourth-order valence-electron chi connectivity index (χ4n) is 2.98. The quantitative estimate of drug-likeness (QED) is 0.685. The van der Waals surface area contributed by atoms with Crippen LogP contribution in [0.2, 0.25) is 0 Å². The Balaban J connectivity index is 2.59. The van der Waals surface area contributed by atoms with Gasteiger partial charge in [0.05, 0.1) is 18.7 Å². The predicted molar refractivity (Wildman–Crippen MR) is 78.1 cm³/mol. The Hall–Kier alpha value is -1.12. The summed E-state index contributed by atoms with van der Waals surface area (Å²) >= 11 is 0. The van der Waals surface area contributed by atoms with E-state index < -0.39 is 0 Å². The van der Waals surface area contributed by atoms with E-state index in [9.17, 15) is 4.79 Å². The van der Waals surface area contributed by atoms with Gasteiger partial charge in [-0.2, -0.15) is 5.26 Å². The summed E-state index contributed by atoms with van der Waals surface area (Å²) in [7, 11) is 0. The second kappa shape index (κ2) is 7.61. The molecule has 1 aliphatic carbocycles. The molecule has 5 nitrogen and oxygen atoms in total. The summed E-state index contributed by atoms with van der Waals surface area (Å²) in [5, 5.41) is 11.1. The van der Waals surface area contributed by atoms with E-state index in [2.05, 4.69) is 31.0 Å². The Labute approximate surface area is 122 Å². The number of hydrogen-bond acceptors (Lipinski definition) is 4. The highest BCUT2D eigenvalue weighted by atomic mass is 16.5. The summed E-state index contributed by atoms with van der Waals surface area (Å²) in [4.78, 5) is 14.0. The maximum Gasteiger partial charge on any atom is 0.235 e. The molecule has 1 amide bonds. The zero-order chi connectivity index (χ0) is 15.2. The van der Waals surface area contributed by atoms with E-state index >= 15 is 0 Å². The van der Waals surface area contributed by atoms with Crippen LogP contribution in [0.5, 0.6) is 0 Å². The highest BCUT2D eigenvalue weighted by Crippen LogP contribution is 2.45. The molecule has 0 saturated heterocycles. The Morgan fingerprint density at radius 3 is 2.70 bits per heavy atom. The zero-order valence-corrected chi connectivity index (χ0v) is 13.1. The normalized spacial score (nSPS) is 24.0. The average molecular weight is 281 g/mol. The summed E-state index contributed by atoms with van der Waals surface area (Å²) < 4.78 is 5.75. The molecule has 0 bridgehead atoms. The van der Waals surface area contributed by atoms with Gasteiger partial charge in [0, 0.05) is 18.1 Å². The summed E-state index contributed by atoms with van der Waals surface area (Å²) in [5.74, 6) is -0.0735. The SMILES string of the molecule is CCCN(CC(=O)NCC#N)[C@H]1C[C@@H](OCC)C1(C)C. The van der Waals surface area contributed by atoms with Gasteiger partial charge in [0.25, 0.3) is 0 Å². The monoisotopic (exact) mass is 281 g/mol. The van der Waals surface area contributed by atoms with Crippen LogP contribution in [0, 0.1) is 16.7 Å². The maximum atomic E-state index is 11.8. The molecule has 0 heterocycles. The van der Waals surface area contributed by atoms with Gasteiger partial charge in [0.1, 0.15) is 6.54 Å². The molecule has 1 fully saturated rings. The van der Waals surface area contributed by atoms with Gasteiger partial charge in [0.2, 0.25) is 5.91 Å². The van der Waals surface area contributed by atoms with Crippen molar-refractivity contribution in [2.75, 3.05) is 26.2 Å². The van der Waals surface area contributed by atoms with Crippen LogP contribution in [0.15, 0.2) is 0 Å². The molecule has 1 rings (SSSR count). The molecule has 0 aromatic heterocycles. The number of rotatable bonds is 8. The molecule has 1 N–H and O–H groups in total. The van der Waals surface area contributed by atoms with Crippen molar-refractivity contribution < 1.29 is 9.53 Å². The Morgan fingerprint density at radius 1 is 1.50 bits per heavy atom. The van der Waals surface area contributed by atoms with Crippen molar-refractivity contribution in [3.63, 3.8) is 0 Å². The van der Waals surface area contributed by atoms with Gasteiger partial charge in [-0.25, -0.2) is 0 Å². The lowest BCUT2D eigenvalue weighted by molar-refractivity contribution is -0.154. The van der Waals surface area contributed by atoms with Crippen molar-refractivity contribution in [2.24, 2.45) is 5.41 Å². The van der Waals surface area contributed by atoms with Crippen molar-refractivity contribution in [3.8, 4) is 6.07 Å². The van der Waals surface area contributed by atoms with Crippen molar-refractivity contribution in [3.05, 3.63) is 0 Å². The molecule has 20 heavy (non-hydrogen) atoms. The van der Waals surface area contributed by atoms with Gasteiger partial charge in [0.15, 0.2) is 0 Å². The Kier molecular flexibility index (Phi) is 6.44. The minimum atomic E-state index is -0.0735. The van der Waals surface area contributed by atoms with Crippen LogP contribution >= 0.6 is 0 Å². The standard InChI is InChI=1S/C15H27N3O2/c1-5-9-18(11-14(19)17-8-7-16)12-10-13(20-6-2)15(12,3)4/h12-13H,5-6,8-11H2,1-4H3,(H,17,19)/t12-,13+/m0/s1. The molecular weight excluding hydrogens is 254 g/mol. The van der Waals surface area contributed by atoms with Crippen LogP contribution in [-0.4, -0.2) is 49.2 Å². The molecule has 1 saturated carbocycles. The zero-order valence-electron chi connectivity index (χ0n) is 13.1. The molecule has 0 aromatic carbocycles. The molecule has 0 unspecified atom stereocenters. The molecule has 114 valence electrons. The van der Waals surface area contributed by atoms with E-state index in [0.29, 0.717) is 12.6 Å². The second-order valence-corrected chi connectivity index (χ2v) is 5.92. The van der Waals surface area contributed by atoms with Crippen LogP contribution in [0.4, 0.5) is 0 Å². The van der Waals surface area contributed by atoms with Crippen molar-refractivity contribution >= 4 is 5.91 Å². The fraction of sp³-hybridized carbons (Fsp3) is 0.867. The largest absolute Gasteiger partial charge is 0.378 e. The number of ether oxygens (including phenoxy) is 1. The van der Waals surface area contributed by atoms with E-state index in [0.717, 1.165) is 26.0 Å². The molecule has 0 aliphatic heterocycles. The molecule has 0 aromatic rings. The van der Waals surface area contributed by atoms with Crippen LogP contribution in [0.1, 0.15) is 40.5 Å². The highest BCUT2D eigenvalue weighted by molar-refractivity contribution is 5.78. The lowest BCUT2D eigenvalue weighted by atomic mass is 9.63. The Morgan fingerprint density at radius 2 is 2.20 bits per heavy atom. The van der Waals surface area contributed by atoms with E-state index in [1.54, 1.807) is 0 Å². The Bertz CT molecular complexity index is 363. The molecule has 2 atom stereocenters. The topological polar surface area (TPSA) is 65.4 Å². The average Bonchev–Trinajstić information content (AvgIpc) is 2.40. The minimum absolute atomic E-state index is 0.0701. The number of carbonyl (C=O) groups excluding carboxylic acids is 1. The van der Waals surface area contributed by atoms with Crippen LogP contribution in [0.25, 0.3) is 0 Å². The number of nitrogens with one attached hydrogen (secondary N) is 1. The van der Waals surface area contributed by atoms with Gasteiger partial charge in [-0.05, 0) is 26.3 Å². The third-order valence-corrected chi connectivity index (χ3v) is 4.16. The van der Waals surface area contributed by atoms with Gasteiger partial charge in [-0.3, -0.25) is 9.69 Å². The summed E-state index contributed by atoms with van der Waals surface area (Å²) in [6, 6.07) is 2.30. The van der Waals surface area contributed by atoms with Crippen LogP contribution in [-0.2, 0) is 9.53 Å². The van der Waals surface area contributed by atoms with Gasteiger partial charge in [-0.15, -0.1) is 0 Å². The van der Waals surface area contributed by atoms with Gasteiger partial charge >= 0.3 is 0 Å². The minimum Gasteiger partial charge on any atom is -0.378 e. The molecule has 0 radical (unpaired) electrons. The first kappa shape index (κ1) is 16.9. The summed E-state index contributed by atoms with van der Waals surface area (Å²) in [6.07, 6.45) is 2.27. The molecule has 0 spiro atoms. The smallest absolute Gasteiger partial charge is 0.235 e. The molecule has 1 aliphatic rings. The van der Waals surface area contributed by atoms with E-state index in [-0.39, 0.29) is 24.0 Å². The van der Waals surface area contributed by atoms with Crippen molar-refractivity contribution in [1.29, 1.82) is 5.26 Å². The first-order valence-electron chi connectivity index (χ1n) is 7.46. The second-order valence-electron chi connectivity index (χ2n) is 5.92.